The van der Waals surface area contributed by atoms with Gasteiger partial charge in [-0.05, 0) is 0 Å². The van der Waals surface area contributed by atoms with Gasteiger partial charge in [0.25, 0.3) is 0 Å². The van der Waals surface area contributed by atoms with Crippen LogP contribution in [-0.2, 0) is 10.0 Å². The molecule has 1 aliphatic heterocycles. The van der Waals surface area contributed by atoms with E-state index in [0.717, 1.165) is 6.26 Å². The lowest BCUT2D eigenvalue weighted by atomic mass is 10.0. The number of aliphatic hydroxyl groups is 2. The van der Waals surface area contributed by atoms with Gasteiger partial charge in [-0.3, -0.25) is 0 Å². The maximum absolute atomic E-state index is 10.8. The molecule has 13 heavy (non-hydrogen) atoms. The first kappa shape index (κ1) is 10.9. The van der Waals surface area contributed by atoms with Crippen molar-refractivity contribution in [3.8, 4) is 0 Å². The summed E-state index contributed by atoms with van der Waals surface area (Å²) in [6.45, 7) is 0.606. The molecule has 1 saturated heterocycles. The number of hydrogen-bond donors (Lipinski definition) is 4. The van der Waals surface area contributed by atoms with Gasteiger partial charge in [-0.25, -0.2) is 13.1 Å². The first-order valence-electron chi connectivity index (χ1n) is 3.94. The van der Waals surface area contributed by atoms with Gasteiger partial charge < -0.3 is 15.5 Å². The fourth-order valence-corrected chi connectivity index (χ4v) is 2.06. The van der Waals surface area contributed by atoms with Crippen molar-refractivity contribution in [1.29, 1.82) is 0 Å². The summed E-state index contributed by atoms with van der Waals surface area (Å²) in [5.41, 5.74) is 0. The molecule has 0 aromatic heterocycles. The molecule has 0 amide bonds. The summed E-state index contributed by atoms with van der Waals surface area (Å²) in [6, 6.07) is -0.654. The summed E-state index contributed by atoms with van der Waals surface area (Å²) in [7, 11) is -3.34. The highest BCUT2D eigenvalue weighted by atomic mass is 32.2. The predicted molar refractivity (Wildman–Crippen MR) is 46.7 cm³/mol. The smallest absolute Gasteiger partial charge is 0.209 e. The van der Waals surface area contributed by atoms with Gasteiger partial charge in [0.05, 0.1) is 24.5 Å². The second kappa shape index (κ2) is 3.89. The van der Waals surface area contributed by atoms with Crippen molar-refractivity contribution in [2.45, 2.75) is 18.2 Å². The van der Waals surface area contributed by atoms with Crippen LogP contribution in [0.2, 0.25) is 0 Å². The fourth-order valence-electron chi connectivity index (χ4n) is 1.28. The quantitative estimate of drug-likeness (QED) is 0.395. The SMILES string of the molecule is CS(=O)(=O)NC1CNCC(O)C1O. The van der Waals surface area contributed by atoms with Crippen LogP contribution >= 0.6 is 0 Å². The van der Waals surface area contributed by atoms with Gasteiger partial charge in [-0.15, -0.1) is 0 Å². The highest BCUT2D eigenvalue weighted by molar-refractivity contribution is 7.88. The van der Waals surface area contributed by atoms with Crippen LogP contribution in [0.1, 0.15) is 0 Å². The Hall–Kier alpha value is -0.210. The van der Waals surface area contributed by atoms with E-state index in [4.69, 9.17) is 0 Å². The lowest BCUT2D eigenvalue weighted by Crippen LogP contribution is -2.59. The van der Waals surface area contributed by atoms with Crippen molar-refractivity contribution < 1.29 is 18.6 Å². The van der Waals surface area contributed by atoms with Crippen LogP contribution in [0.3, 0.4) is 0 Å². The molecule has 0 aromatic carbocycles. The summed E-state index contributed by atoms with van der Waals surface area (Å²) >= 11 is 0. The molecule has 1 rings (SSSR count). The first-order valence-corrected chi connectivity index (χ1v) is 5.83. The van der Waals surface area contributed by atoms with Crippen LogP contribution in [0.4, 0.5) is 0 Å². The molecule has 6 nitrogen and oxygen atoms in total. The fraction of sp³-hybridized carbons (Fsp3) is 1.00. The number of sulfonamides is 1. The Bertz CT molecular complexity index is 266. The Balaban J connectivity index is 2.59. The molecule has 1 aliphatic rings. The van der Waals surface area contributed by atoms with E-state index in [0.29, 0.717) is 6.54 Å². The molecular weight excluding hydrogens is 196 g/mol. The Labute approximate surface area is 77.0 Å². The van der Waals surface area contributed by atoms with Crippen molar-refractivity contribution in [2.24, 2.45) is 0 Å². The van der Waals surface area contributed by atoms with E-state index in [1.54, 1.807) is 0 Å². The van der Waals surface area contributed by atoms with Crippen LogP contribution in [0.25, 0.3) is 0 Å². The number of aliphatic hydroxyl groups excluding tert-OH is 2. The average Bonchev–Trinajstić information content (AvgIpc) is 1.96. The summed E-state index contributed by atoms with van der Waals surface area (Å²) in [6.07, 6.45) is -0.954. The van der Waals surface area contributed by atoms with E-state index in [1.807, 2.05) is 0 Å². The van der Waals surface area contributed by atoms with Crippen molar-refractivity contribution >= 4 is 10.0 Å². The van der Waals surface area contributed by atoms with Gasteiger partial charge in [-0.2, -0.15) is 0 Å². The molecule has 1 heterocycles. The van der Waals surface area contributed by atoms with E-state index >= 15 is 0 Å². The molecule has 0 radical (unpaired) electrons. The zero-order chi connectivity index (χ0) is 10.1. The summed E-state index contributed by atoms with van der Waals surface area (Å²) in [5.74, 6) is 0. The monoisotopic (exact) mass is 210 g/mol. The predicted octanol–water partition coefficient (Wildman–Crippen LogP) is -2.77. The third-order valence-electron chi connectivity index (χ3n) is 1.89. The third kappa shape index (κ3) is 3.20. The molecule has 0 aromatic rings. The minimum Gasteiger partial charge on any atom is -0.389 e. The lowest BCUT2D eigenvalue weighted by Gasteiger charge is -2.32. The zero-order valence-electron chi connectivity index (χ0n) is 7.27. The first-order chi connectivity index (χ1) is 5.90. The van der Waals surface area contributed by atoms with Gasteiger partial charge in [0.1, 0.15) is 0 Å². The zero-order valence-corrected chi connectivity index (χ0v) is 8.08. The Kier molecular flexibility index (Phi) is 3.25. The van der Waals surface area contributed by atoms with Crippen molar-refractivity contribution in [2.75, 3.05) is 19.3 Å². The van der Waals surface area contributed by atoms with Crippen molar-refractivity contribution in [1.82, 2.24) is 10.0 Å². The van der Waals surface area contributed by atoms with E-state index < -0.39 is 28.3 Å². The van der Waals surface area contributed by atoms with Crippen LogP contribution in [0.5, 0.6) is 0 Å². The van der Waals surface area contributed by atoms with E-state index in [-0.39, 0.29) is 6.54 Å². The normalized spacial score (nSPS) is 36.1. The van der Waals surface area contributed by atoms with Crippen LogP contribution in [-0.4, -0.2) is 56.2 Å². The van der Waals surface area contributed by atoms with Gasteiger partial charge in [0.15, 0.2) is 0 Å². The van der Waals surface area contributed by atoms with Gasteiger partial charge in [0, 0.05) is 13.1 Å². The van der Waals surface area contributed by atoms with E-state index in [9.17, 15) is 18.6 Å². The molecule has 1 fully saturated rings. The lowest BCUT2D eigenvalue weighted by molar-refractivity contribution is -0.0149. The number of rotatable bonds is 2. The molecule has 7 heteroatoms. The third-order valence-corrected chi connectivity index (χ3v) is 2.62. The number of piperidine rings is 1. The Morgan fingerprint density at radius 1 is 1.38 bits per heavy atom. The molecule has 0 spiro atoms. The molecule has 4 N–H and O–H groups in total. The van der Waals surface area contributed by atoms with Crippen molar-refractivity contribution in [3.63, 3.8) is 0 Å². The molecule has 0 saturated carbocycles. The molecule has 0 bridgehead atoms. The summed E-state index contributed by atoms with van der Waals surface area (Å²) < 4.78 is 23.9. The average molecular weight is 210 g/mol. The van der Waals surface area contributed by atoms with Crippen LogP contribution in [0, 0.1) is 0 Å². The second-order valence-corrected chi connectivity index (χ2v) is 4.99. The standard InChI is InChI=1S/C6H14N2O4S/c1-13(11,12)8-4-2-7-3-5(9)6(4)10/h4-10H,2-3H2,1H3. The Morgan fingerprint density at radius 2 is 2.00 bits per heavy atom. The van der Waals surface area contributed by atoms with E-state index in [1.165, 1.54) is 0 Å². The molecular formula is C6H14N2O4S. The Morgan fingerprint density at radius 3 is 2.54 bits per heavy atom. The maximum atomic E-state index is 10.8. The van der Waals surface area contributed by atoms with Gasteiger partial charge in [0.2, 0.25) is 10.0 Å². The largest absolute Gasteiger partial charge is 0.389 e. The van der Waals surface area contributed by atoms with Crippen LogP contribution < -0.4 is 10.0 Å². The van der Waals surface area contributed by atoms with Gasteiger partial charge >= 0.3 is 0 Å². The highest BCUT2D eigenvalue weighted by Gasteiger charge is 2.31. The molecule has 3 atom stereocenters. The maximum Gasteiger partial charge on any atom is 0.209 e. The highest BCUT2D eigenvalue weighted by Crippen LogP contribution is 2.05. The summed E-state index contributed by atoms with van der Waals surface area (Å²) in [4.78, 5) is 0. The number of nitrogens with one attached hydrogen (secondary N) is 2. The van der Waals surface area contributed by atoms with Crippen LogP contribution in [0.15, 0.2) is 0 Å². The minimum atomic E-state index is -3.34. The summed E-state index contributed by atoms with van der Waals surface area (Å²) in [5, 5.41) is 21.4. The van der Waals surface area contributed by atoms with E-state index in [2.05, 4.69) is 10.0 Å². The minimum absolute atomic E-state index is 0.281. The topological polar surface area (TPSA) is 98.7 Å². The molecule has 78 valence electrons. The molecule has 3 unspecified atom stereocenters. The number of hydrogen-bond acceptors (Lipinski definition) is 5. The van der Waals surface area contributed by atoms with Crippen molar-refractivity contribution in [3.05, 3.63) is 0 Å². The second-order valence-electron chi connectivity index (χ2n) is 3.21. The molecule has 0 aliphatic carbocycles. The number of β-amino-alcohol motifs (C(OH)–C–C–N with tert-alkyl or cyclic N) is 1. The van der Waals surface area contributed by atoms with Gasteiger partial charge in [-0.1, -0.05) is 0 Å².